The van der Waals surface area contributed by atoms with Crippen LogP contribution >= 0.6 is 0 Å². The van der Waals surface area contributed by atoms with Crippen molar-refractivity contribution in [3.63, 3.8) is 0 Å². The van der Waals surface area contributed by atoms with E-state index in [9.17, 15) is 4.79 Å². The summed E-state index contributed by atoms with van der Waals surface area (Å²) in [5.74, 6) is 0.770. The Kier molecular flexibility index (Phi) is 6.80. The highest BCUT2D eigenvalue weighted by atomic mass is 16.7. The molecule has 2 saturated heterocycles. The van der Waals surface area contributed by atoms with E-state index in [-0.39, 0.29) is 12.0 Å². The van der Waals surface area contributed by atoms with Gasteiger partial charge in [-0.15, -0.1) is 0 Å². The highest BCUT2D eigenvalue weighted by molar-refractivity contribution is 5.93. The predicted octanol–water partition coefficient (Wildman–Crippen LogP) is 3.94. The van der Waals surface area contributed by atoms with Gasteiger partial charge in [0.25, 0.3) is 5.91 Å². The lowest BCUT2D eigenvalue weighted by molar-refractivity contribution is -0.144. The molecule has 0 spiro atoms. The van der Waals surface area contributed by atoms with Crippen LogP contribution in [0.4, 0.5) is 0 Å². The van der Waals surface area contributed by atoms with Crippen LogP contribution in [0.25, 0.3) is 0 Å². The van der Waals surface area contributed by atoms with Crippen LogP contribution in [0, 0.1) is 0 Å². The Balaban J connectivity index is 1.21. The maximum Gasteiger partial charge on any atom is 0.277 e. The third-order valence-corrected chi connectivity index (χ3v) is 5.73. The van der Waals surface area contributed by atoms with E-state index in [2.05, 4.69) is 35.2 Å². The minimum absolute atomic E-state index is 0.0667. The first kappa shape index (κ1) is 19.9. The second-order valence-corrected chi connectivity index (χ2v) is 7.87. The molecule has 0 unspecified atom stereocenters. The van der Waals surface area contributed by atoms with Gasteiger partial charge in [-0.25, -0.2) is 5.06 Å². The summed E-state index contributed by atoms with van der Waals surface area (Å²) in [6.45, 7) is 4.53. The van der Waals surface area contributed by atoms with Crippen LogP contribution < -0.4 is 4.74 Å². The third kappa shape index (κ3) is 5.58. The maximum absolute atomic E-state index is 12.5. The first-order chi connectivity index (χ1) is 14.3. The minimum atomic E-state index is -0.0667. The van der Waals surface area contributed by atoms with E-state index in [0.29, 0.717) is 18.7 Å². The van der Waals surface area contributed by atoms with Crippen molar-refractivity contribution in [1.29, 1.82) is 0 Å². The van der Waals surface area contributed by atoms with Crippen molar-refractivity contribution in [2.24, 2.45) is 0 Å². The lowest BCUT2D eigenvalue weighted by atomic mass is 10.1. The average Bonchev–Trinajstić information content (AvgIpc) is 2.80. The van der Waals surface area contributed by atoms with Crippen LogP contribution in [0.1, 0.15) is 41.6 Å². The Morgan fingerprint density at radius 2 is 1.72 bits per heavy atom. The number of hydrogen-bond donors (Lipinski definition) is 0. The molecule has 2 aromatic rings. The number of hydrogen-bond acceptors (Lipinski definition) is 4. The lowest BCUT2D eigenvalue weighted by Crippen LogP contribution is -2.39. The molecule has 2 fully saturated rings. The normalized spacial score (nSPS) is 18.6. The first-order valence-electron chi connectivity index (χ1n) is 10.8. The molecule has 0 N–H and O–H groups in total. The van der Waals surface area contributed by atoms with Gasteiger partial charge in [-0.05, 0) is 61.9 Å². The fourth-order valence-electron chi connectivity index (χ4n) is 3.95. The molecule has 0 saturated carbocycles. The second kappa shape index (κ2) is 9.90. The molecule has 0 bridgehead atoms. The molecular weight excluding hydrogens is 364 g/mol. The topological polar surface area (TPSA) is 42.0 Å². The zero-order chi connectivity index (χ0) is 19.9. The second-order valence-electron chi connectivity index (χ2n) is 7.87. The fraction of sp³-hybridized carbons (Fsp3) is 0.458. The Morgan fingerprint density at radius 1 is 0.966 bits per heavy atom. The van der Waals surface area contributed by atoms with E-state index in [4.69, 9.17) is 9.57 Å². The fourth-order valence-corrected chi connectivity index (χ4v) is 3.95. The molecule has 0 aliphatic carbocycles. The molecule has 4 rings (SSSR count). The Hall–Kier alpha value is -2.37. The molecule has 2 aliphatic rings. The summed E-state index contributed by atoms with van der Waals surface area (Å²) in [5.41, 5.74) is 2.05. The largest absolute Gasteiger partial charge is 0.490 e. The summed E-state index contributed by atoms with van der Waals surface area (Å²) in [5, 5.41) is 1.48. The number of rotatable bonds is 6. The highest BCUT2D eigenvalue weighted by Crippen LogP contribution is 2.21. The van der Waals surface area contributed by atoms with Gasteiger partial charge in [0.05, 0.1) is 6.61 Å². The highest BCUT2D eigenvalue weighted by Gasteiger charge is 2.22. The SMILES string of the molecule is O=C(c1ccc(OC2CCN(CCc3ccccc3)CC2)cc1)N1CCCCO1. The summed E-state index contributed by atoms with van der Waals surface area (Å²) >= 11 is 0. The Bertz CT molecular complexity index is 764. The van der Waals surface area contributed by atoms with Gasteiger partial charge in [0.1, 0.15) is 11.9 Å². The number of likely N-dealkylation sites (tertiary alicyclic amines) is 1. The standard InChI is InChI=1S/C24H30N2O3/c27-24(26-15-4-5-19-28-26)21-8-10-22(11-9-21)29-23-13-17-25(18-14-23)16-12-20-6-2-1-3-7-20/h1-3,6-11,23H,4-5,12-19H2. The molecule has 0 atom stereocenters. The first-order valence-corrected chi connectivity index (χ1v) is 10.8. The molecule has 2 aromatic carbocycles. The van der Waals surface area contributed by atoms with Crippen LogP contribution in [0.5, 0.6) is 5.75 Å². The summed E-state index contributed by atoms with van der Waals surface area (Å²) in [6.07, 6.45) is 5.44. The molecule has 1 amide bonds. The quantitative estimate of drug-likeness (QED) is 0.744. The molecule has 5 heteroatoms. The Labute approximate surface area is 173 Å². The van der Waals surface area contributed by atoms with Crippen molar-refractivity contribution in [2.75, 3.05) is 32.8 Å². The van der Waals surface area contributed by atoms with E-state index in [1.165, 1.54) is 10.6 Å². The van der Waals surface area contributed by atoms with Crippen molar-refractivity contribution in [2.45, 2.75) is 38.2 Å². The Morgan fingerprint density at radius 3 is 2.41 bits per heavy atom. The molecule has 5 nitrogen and oxygen atoms in total. The number of nitrogens with zero attached hydrogens (tertiary/aromatic N) is 2. The van der Waals surface area contributed by atoms with Gasteiger partial charge < -0.3 is 9.64 Å². The molecule has 0 aromatic heterocycles. The van der Waals surface area contributed by atoms with E-state index >= 15 is 0 Å². The zero-order valence-corrected chi connectivity index (χ0v) is 17.0. The number of amides is 1. The van der Waals surface area contributed by atoms with Gasteiger partial charge in [-0.1, -0.05) is 30.3 Å². The van der Waals surface area contributed by atoms with Crippen LogP contribution in [-0.4, -0.2) is 54.8 Å². The minimum Gasteiger partial charge on any atom is -0.490 e. The van der Waals surface area contributed by atoms with Crippen molar-refractivity contribution in [3.05, 3.63) is 65.7 Å². The zero-order valence-electron chi connectivity index (χ0n) is 17.0. The number of ether oxygens (including phenoxy) is 1. The van der Waals surface area contributed by atoms with Gasteiger partial charge in [0.15, 0.2) is 0 Å². The number of carbonyl (C=O) groups excluding carboxylic acids is 1. The van der Waals surface area contributed by atoms with Crippen LogP contribution in [0.15, 0.2) is 54.6 Å². The molecule has 2 heterocycles. The van der Waals surface area contributed by atoms with Gasteiger partial charge in [0, 0.05) is 31.7 Å². The van der Waals surface area contributed by atoms with Gasteiger partial charge in [0.2, 0.25) is 0 Å². The molecule has 29 heavy (non-hydrogen) atoms. The number of hydroxylamine groups is 2. The molecule has 154 valence electrons. The molecule has 2 aliphatic heterocycles. The van der Waals surface area contributed by atoms with Gasteiger partial charge >= 0.3 is 0 Å². The van der Waals surface area contributed by atoms with Crippen LogP contribution in [0.3, 0.4) is 0 Å². The van der Waals surface area contributed by atoms with Crippen molar-refractivity contribution < 1.29 is 14.4 Å². The summed E-state index contributed by atoms with van der Waals surface area (Å²) in [4.78, 5) is 20.4. The van der Waals surface area contributed by atoms with Crippen LogP contribution in [0.2, 0.25) is 0 Å². The van der Waals surface area contributed by atoms with Crippen molar-refractivity contribution in [3.8, 4) is 5.75 Å². The summed E-state index contributed by atoms with van der Waals surface area (Å²) < 4.78 is 6.16. The number of benzene rings is 2. The van der Waals surface area contributed by atoms with E-state index in [1.54, 1.807) is 0 Å². The maximum atomic E-state index is 12.5. The predicted molar refractivity (Wildman–Crippen MR) is 113 cm³/mol. The van der Waals surface area contributed by atoms with Gasteiger partial charge in [-0.3, -0.25) is 9.63 Å². The van der Waals surface area contributed by atoms with E-state index < -0.39 is 0 Å². The third-order valence-electron chi connectivity index (χ3n) is 5.73. The lowest BCUT2D eigenvalue weighted by Gasteiger charge is -2.32. The molecule has 0 radical (unpaired) electrons. The van der Waals surface area contributed by atoms with Crippen LogP contribution in [-0.2, 0) is 11.3 Å². The number of carbonyl (C=O) groups is 1. The summed E-state index contributed by atoms with van der Waals surface area (Å²) in [6, 6.07) is 18.1. The monoisotopic (exact) mass is 394 g/mol. The smallest absolute Gasteiger partial charge is 0.277 e. The molecular formula is C24H30N2O3. The van der Waals surface area contributed by atoms with Crippen molar-refractivity contribution in [1.82, 2.24) is 9.96 Å². The number of piperidine rings is 1. The van der Waals surface area contributed by atoms with E-state index in [0.717, 1.165) is 57.5 Å². The summed E-state index contributed by atoms with van der Waals surface area (Å²) in [7, 11) is 0. The average molecular weight is 395 g/mol. The van der Waals surface area contributed by atoms with Crippen molar-refractivity contribution >= 4 is 5.91 Å². The van der Waals surface area contributed by atoms with E-state index in [1.807, 2.05) is 24.3 Å². The van der Waals surface area contributed by atoms with Gasteiger partial charge in [-0.2, -0.15) is 0 Å².